The SMILES string of the molecule is C[C@H](NCC1CCc2cc(-c3ccccc3-c3ccccc3)ccc2C1O)c1ccccc1. The Bertz CT molecular complexity index is 1200. The number of hydrogen-bond donors (Lipinski definition) is 2. The number of fused-ring (bicyclic) bond motifs is 1. The quantitative estimate of drug-likeness (QED) is 0.344. The molecular weight excluding hydrogens is 402 g/mol. The van der Waals surface area contributed by atoms with Crippen LogP contribution in [-0.2, 0) is 6.42 Å². The first-order chi connectivity index (χ1) is 16.2. The van der Waals surface area contributed by atoms with Gasteiger partial charge in [-0.2, -0.15) is 0 Å². The minimum atomic E-state index is -0.428. The Morgan fingerprint density at radius 1 is 0.788 bits per heavy atom. The van der Waals surface area contributed by atoms with Gasteiger partial charge in [-0.25, -0.2) is 0 Å². The Balaban J connectivity index is 1.34. The monoisotopic (exact) mass is 433 g/mol. The summed E-state index contributed by atoms with van der Waals surface area (Å²) in [4.78, 5) is 0. The number of benzene rings is 4. The molecule has 2 unspecified atom stereocenters. The lowest BCUT2D eigenvalue weighted by Gasteiger charge is -2.31. The third-order valence-corrected chi connectivity index (χ3v) is 7.00. The van der Waals surface area contributed by atoms with Crippen molar-refractivity contribution in [1.82, 2.24) is 5.32 Å². The van der Waals surface area contributed by atoms with Gasteiger partial charge in [0.2, 0.25) is 0 Å². The highest BCUT2D eigenvalue weighted by molar-refractivity contribution is 5.83. The fourth-order valence-electron chi connectivity index (χ4n) is 5.04. The summed E-state index contributed by atoms with van der Waals surface area (Å²) in [5.74, 6) is 0.228. The molecule has 0 aliphatic heterocycles. The minimum Gasteiger partial charge on any atom is -0.388 e. The number of rotatable bonds is 6. The summed E-state index contributed by atoms with van der Waals surface area (Å²) in [5.41, 5.74) is 8.56. The van der Waals surface area contributed by atoms with Gasteiger partial charge in [0.05, 0.1) is 6.10 Å². The molecular formula is C31H31NO. The molecule has 0 heterocycles. The van der Waals surface area contributed by atoms with Crippen molar-refractivity contribution < 1.29 is 5.11 Å². The van der Waals surface area contributed by atoms with Crippen LogP contribution in [0.2, 0.25) is 0 Å². The predicted octanol–water partition coefficient (Wildman–Crippen LogP) is 6.97. The largest absolute Gasteiger partial charge is 0.388 e. The van der Waals surface area contributed by atoms with Crippen molar-refractivity contribution in [3.05, 3.63) is 120 Å². The summed E-state index contributed by atoms with van der Waals surface area (Å²) >= 11 is 0. The zero-order valence-electron chi connectivity index (χ0n) is 19.1. The second-order valence-electron chi connectivity index (χ2n) is 9.11. The van der Waals surface area contributed by atoms with Gasteiger partial charge in [0, 0.05) is 18.5 Å². The van der Waals surface area contributed by atoms with E-state index in [9.17, 15) is 5.11 Å². The van der Waals surface area contributed by atoms with E-state index in [1.54, 1.807) is 0 Å². The maximum Gasteiger partial charge on any atom is 0.0833 e. The zero-order valence-corrected chi connectivity index (χ0v) is 19.1. The molecule has 4 aromatic carbocycles. The number of hydrogen-bond acceptors (Lipinski definition) is 2. The van der Waals surface area contributed by atoms with E-state index in [1.165, 1.54) is 33.4 Å². The van der Waals surface area contributed by atoms with Crippen LogP contribution >= 0.6 is 0 Å². The molecule has 2 N–H and O–H groups in total. The number of aliphatic hydroxyl groups excluding tert-OH is 1. The molecule has 0 fully saturated rings. The molecule has 0 radical (unpaired) electrons. The fourth-order valence-corrected chi connectivity index (χ4v) is 5.04. The topological polar surface area (TPSA) is 32.3 Å². The molecule has 0 saturated carbocycles. The average molecular weight is 434 g/mol. The number of nitrogens with one attached hydrogen (secondary N) is 1. The molecule has 166 valence electrons. The first-order valence-electron chi connectivity index (χ1n) is 11.9. The third-order valence-electron chi connectivity index (χ3n) is 7.00. The van der Waals surface area contributed by atoms with Crippen molar-refractivity contribution in [3.63, 3.8) is 0 Å². The lowest BCUT2D eigenvalue weighted by molar-refractivity contribution is 0.0915. The fraction of sp³-hybridized carbons (Fsp3) is 0.226. The van der Waals surface area contributed by atoms with Gasteiger partial charge in [0.1, 0.15) is 0 Å². The number of aliphatic hydroxyl groups is 1. The van der Waals surface area contributed by atoms with Gasteiger partial charge >= 0.3 is 0 Å². The molecule has 1 aliphatic carbocycles. The van der Waals surface area contributed by atoms with E-state index in [0.717, 1.165) is 24.9 Å². The van der Waals surface area contributed by atoms with E-state index in [4.69, 9.17) is 0 Å². The Kier molecular flexibility index (Phi) is 6.39. The van der Waals surface area contributed by atoms with Crippen molar-refractivity contribution in [3.8, 4) is 22.3 Å². The molecule has 2 heteroatoms. The van der Waals surface area contributed by atoms with Crippen molar-refractivity contribution in [2.75, 3.05) is 6.54 Å². The van der Waals surface area contributed by atoms with E-state index in [0.29, 0.717) is 0 Å². The van der Waals surface area contributed by atoms with Crippen molar-refractivity contribution in [1.29, 1.82) is 0 Å². The second kappa shape index (κ2) is 9.74. The number of aryl methyl sites for hydroxylation is 1. The Hall–Kier alpha value is -3.20. The lowest BCUT2D eigenvalue weighted by atomic mass is 9.80. The summed E-state index contributed by atoms with van der Waals surface area (Å²) in [7, 11) is 0. The average Bonchev–Trinajstić information content (AvgIpc) is 2.89. The first-order valence-corrected chi connectivity index (χ1v) is 11.9. The second-order valence-corrected chi connectivity index (χ2v) is 9.11. The van der Waals surface area contributed by atoms with Crippen LogP contribution in [0, 0.1) is 5.92 Å². The molecule has 0 bridgehead atoms. The highest BCUT2D eigenvalue weighted by Gasteiger charge is 2.28. The van der Waals surface area contributed by atoms with E-state index in [2.05, 4.69) is 109 Å². The van der Waals surface area contributed by atoms with Gasteiger partial charge in [0.25, 0.3) is 0 Å². The summed E-state index contributed by atoms with van der Waals surface area (Å²) in [6.45, 7) is 3.00. The summed E-state index contributed by atoms with van der Waals surface area (Å²) in [6.07, 6.45) is 1.56. The van der Waals surface area contributed by atoms with Crippen LogP contribution in [0.3, 0.4) is 0 Å². The van der Waals surface area contributed by atoms with Gasteiger partial charge in [0.15, 0.2) is 0 Å². The molecule has 1 aliphatic rings. The van der Waals surface area contributed by atoms with Crippen LogP contribution in [0.1, 0.15) is 42.2 Å². The molecule has 4 aromatic rings. The third kappa shape index (κ3) is 4.64. The summed E-state index contributed by atoms with van der Waals surface area (Å²) < 4.78 is 0. The maximum absolute atomic E-state index is 11.2. The standard InChI is InChI=1S/C31H31NO/c1-22(23-10-4-2-5-11-23)32-21-27-17-16-26-20-25(18-19-30(26)31(27)33)29-15-9-8-14-28(29)24-12-6-3-7-13-24/h2-15,18-20,22,27,31-33H,16-17,21H2,1H3/t22-,27?,31?/m0/s1. The van der Waals surface area contributed by atoms with Gasteiger partial charge in [-0.05, 0) is 58.7 Å². The summed E-state index contributed by atoms with van der Waals surface area (Å²) in [5, 5.41) is 14.8. The molecule has 0 aromatic heterocycles. The highest BCUT2D eigenvalue weighted by Crippen LogP contribution is 2.38. The van der Waals surface area contributed by atoms with Crippen LogP contribution in [0.4, 0.5) is 0 Å². The molecule has 0 saturated heterocycles. The van der Waals surface area contributed by atoms with Crippen LogP contribution in [0.5, 0.6) is 0 Å². The highest BCUT2D eigenvalue weighted by atomic mass is 16.3. The molecule has 2 nitrogen and oxygen atoms in total. The maximum atomic E-state index is 11.2. The van der Waals surface area contributed by atoms with E-state index >= 15 is 0 Å². The van der Waals surface area contributed by atoms with Crippen molar-refractivity contribution in [2.45, 2.75) is 31.9 Å². The Labute approximate surface area is 196 Å². The van der Waals surface area contributed by atoms with Crippen molar-refractivity contribution >= 4 is 0 Å². The van der Waals surface area contributed by atoms with E-state index < -0.39 is 6.10 Å². The van der Waals surface area contributed by atoms with Crippen LogP contribution in [0.15, 0.2) is 103 Å². The molecule has 3 atom stereocenters. The molecule has 33 heavy (non-hydrogen) atoms. The molecule has 0 spiro atoms. The van der Waals surface area contributed by atoms with Crippen LogP contribution in [0.25, 0.3) is 22.3 Å². The van der Waals surface area contributed by atoms with Crippen molar-refractivity contribution in [2.24, 2.45) is 5.92 Å². The lowest BCUT2D eigenvalue weighted by Crippen LogP contribution is -2.32. The predicted molar refractivity (Wildman–Crippen MR) is 137 cm³/mol. The Morgan fingerprint density at radius 3 is 2.15 bits per heavy atom. The van der Waals surface area contributed by atoms with Crippen LogP contribution < -0.4 is 5.32 Å². The molecule has 0 amide bonds. The van der Waals surface area contributed by atoms with Gasteiger partial charge < -0.3 is 10.4 Å². The van der Waals surface area contributed by atoms with E-state index in [-0.39, 0.29) is 12.0 Å². The smallest absolute Gasteiger partial charge is 0.0833 e. The summed E-state index contributed by atoms with van der Waals surface area (Å²) in [6, 6.07) is 36.5. The van der Waals surface area contributed by atoms with Gasteiger partial charge in [-0.3, -0.25) is 0 Å². The van der Waals surface area contributed by atoms with Crippen LogP contribution in [-0.4, -0.2) is 11.7 Å². The van der Waals surface area contributed by atoms with Gasteiger partial charge in [-0.1, -0.05) is 103 Å². The zero-order chi connectivity index (χ0) is 22.6. The Morgan fingerprint density at radius 2 is 1.42 bits per heavy atom. The normalized spacial score (nSPS) is 18.5. The first kappa shape index (κ1) is 21.6. The minimum absolute atomic E-state index is 0.228. The van der Waals surface area contributed by atoms with Gasteiger partial charge in [-0.15, -0.1) is 0 Å². The van der Waals surface area contributed by atoms with E-state index in [1.807, 2.05) is 6.07 Å². The molecule has 5 rings (SSSR count).